The molecular weight excluding hydrogens is 210 g/mol. The summed E-state index contributed by atoms with van der Waals surface area (Å²) in [6.45, 7) is 7.31. The van der Waals surface area contributed by atoms with Crippen molar-refractivity contribution in [3.8, 4) is 0 Å². The Labute approximate surface area is 106 Å². The highest BCUT2D eigenvalue weighted by Gasteiger charge is 2.19. The quantitative estimate of drug-likeness (QED) is 0.369. The zero-order chi connectivity index (χ0) is 12.3. The predicted molar refractivity (Wildman–Crippen MR) is 75.5 cm³/mol. The van der Waals surface area contributed by atoms with Crippen LogP contribution in [0.25, 0.3) is 0 Å². The van der Waals surface area contributed by atoms with E-state index in [4.69, 9.17) is 0 Å². The van der Waals surface area contributed by atoms with Crippen LogP contribution in [0.1, 0.15) is 58.8 Å². The summed E-state index contributed by atoms with van der Waals surface area (Å²) in [6, 6.07) is 0. The summed E-state index contributed by atoms with van der Waals surface area (Å²) in [6.07, 6.45) is 9.35. The Hall–Kier alpha value is -0.730. The number of unbranched alkanes of at least 4 members (excludes halogenated alkanes) is 2. The third-order valence-corrected chi connectivity index (χ3v) is 3.15. The molecule has 0 bridgehead atoms. The monoisotopic (exact) mass is 239 g/mol. The average Bonchev–Trinajstić information content (AvgIpc) is 3.14. The molecule has 0 aromatic rings. The van der Waals surface area contributed by atoms with Crippen molar-refractivity contribution in [3.05, 3.63) is 0 Å². The molecule has 17 heavy (non-hydrogen) atoms. The lowest BCUT2D eigenvalue weighted by Gasteiger charge is -2.10. The van der Waals surface area contributed by atoms with Crippen molar-refractivity contribution in [2.75, 3.05) is 19.6 Å². The van der Waals surface area contributed by atoms with Crippen LogP contribution >= 0.6 is 0 Å². The second-order valence-corrected chi connectivity index (χ2v) is 4.98. The minimum atomic E-state index is 0.947. The second kappa shape index (κ2) is 9.32. The Kier molecular flexibility index (Phi) is 7.85. The minimum absolute atomic E-state index is 0.947. The minimum Gasteiger partial charge on any atom is -0.357 e. The summed E-state index contributed by atoms with van der Waals surface area (Å²) < 4.78 is 0. The molecule has 100 valence electrons. The van der Waals surface area contributed by atoms with E-state index in [1.54, 1.807) is 0 Å². The molecule has 0 spiro atoms. The van der Waals surface area contributed by atoms with Crippen molar-refractivity contribution in [1.29, 1.82) is 0 Å². The summed E-state index contributed by atoms with van der Waals surface area (Å²) in [4.78, 5) is 4.61. The van der Waals surface area contributed by atoms with Crippen LogP contribution in [0.5, 0.6) is 0 Å². The Morgan fingerprint density at radius 3 is 2.59 bits per heavy atom. The SMILES string of the molecule is CCCCCNC(=NCCCC1CC1)NCC. The first-order valence-corrected chi connectivity index (χ1v) is 7.39. The molecule has 3 nitrogen and oxygen atoms in total. The van der Waals surface area contributed by atoms with E-state index in [0.29, 0.717) is 0 Å². The van der Waals surface area contributed by atoms with Gasteiger partial charge in [0.25, 0.3) is 0 Å². The molecule has 1 aliphatic carbocycles. The summed E-state index contributed by atoms with van der Waals surface area (Å²) >= 11 is 0. The Morgan fingerprint density at radius 1 is 1.12 bits per heavy atom. The van der Waals surface area contributed by atoms with E-state index >= 15 is 0 Å². The Balaban J connectivity index is 2.07. The van der Waals surface area contributed by atoms with Crippen LogP contribution < -0.4 is 10.6 Å². The zero-order valence-electron chi connectivity index (χ0n) is 11.6. The van der Waals surface area contributed by atoms with Gasteiger partial charge in [-0.1, -0.05) is 32.6 Å². The van der Waals surface area contributed by atoms with Gasteiger partial charge in [0, 0.05) is 19.6 Å². The number of aliphatic imine (C=N–C) groups is 1. The lowest BCUT2D eigenvalue weighted by atomic mass is 10.2. The molecule has 0 aromatic carbocycles. The van der Waals surface area contributed by atoms with Gasteiger partial charge in [-0.25, -0.2) is 0 Å². The van der Waals surface area contributed by atoms with Gasteiger partial charge in [0.1, 0.15) is 0 Å². The molecule has 1 fully saturated rings. The van der Waals surface area contributed by atoms with Gasteiger partial charge in [-0.2, -0.15) is 0 Å². The van der Waals surface area contributed by atoms with Crippen LogP contribution in [0, 0.1) is 5.92 Å². The first kappa shape index (κ1) is 14.3. The number of nitrogens with zero attached hydrogens (tertiary/aromatic N) is 1. The molecule has 0 amide bonds. The molecule has 0 aliphatic heterocycles. The van der Waals surface area contributed by atoms with Crippen LogP contribution in [-0.4, -0.2) is 25.6 Å². The molecule has 0 aromatic heterocycles. The topological polar surface area (TPSA) is 36.4 Å². The third-order valence-electron chi connectivity index (χ3n) is 3.15. The van der Waals surface area contributed by atoms with Gasteiger partial charge in [-0.05, 0) is 32.1 Å². The molecule has 0 atom stereocenters. The van der Waals surface area contributed by atoms with Crippen LogP contribution in [0.4, 0.5) is 0 Å². The lowest BCUT2D eigenvalue weighted by molar-refractivity contribution is 0.662. The van der Waals surface area contributed by atoms with Crippen molar-refractivity contribution in [2.45, 2.75) is 58.8 Å². The Bertz CT molecular complexity index is 210. The smallest absolute Gasteiger partial charge is 0.191 e. The lowest BCUT2D eigenvalue weighted by Crippen LogP contribution is -2.37. The zero-order valence-corrected chi connectivity index (χ0v) is 11.6. The van der Waals surface area contributed by atoms with Gasteiger partial charge in [-0.3, -0.25) is 4.99 Å². The van der Waals surface area contributed by atoms with Gasteiger partial charge < -0.3 is 10.6 Å². The molecule has 0 heterocycles. The second-order valence-electron chi connectivity index (χ2n) is 4.98. The van der Waals surface area contributed by atoms with Crippen molar-refractivity contribution in [3.63, 3.8) is 0 Å². The van der Waals surface area contributed by atoms with Gasteiger partial charge in [-0.15, -0.1) is 0 Å². The van der Waals surface area contributed by atoms with E-state index in [-0.39, 0.29) is 0 Å². The van der Waals surface area contributed by atoms with Crippen molar-refractivity contribution in [1.82, 2.24) is 10.6 Å². The summed E-state index contributed by atoms with van der Waals surface area (Å²) in [7, 11) is 0. The van der Waals surface area contributed by atoms with E-state index in [0.717, 1.165) is 31.5 Å². The standard InChI is InChI=1S/C14H29N3/c1-3-5-6-11-16-14(15-4-2)17-12-7-8-13-9-10-13/h13H,3-12H2,1-2H3,(H2,15,16,17). The normalized spacial score (nSPS) is 16.0. The van der Waals surface area contributed by atoms with Crippen molar-refractivity contribution >= 4 is 5.96 Å². The van der Waals surface area contributed by atoms with Gasteiger partial charge in [0.05, 0.1) is 0 Å². The maximum Gasteiger partial charge on any atom is 0.191 e. The number of nitrogens with one attached hydrogen (secondary N) is 2. The van der Waals surface area contributed by atoms with E-state index in [9.17, 15) is 0 Å². The van der Waals surface area contributed by atoms with E-state index in [1.165, 1.54) is 44.9 Å². The highest BCUT2D eigenvalue weighted by molar-refractivity contribution is 5.79. The third kappa shape index (κ3) is 8.06. The molecule has 1 aliphatic rings. The van der Waals surface area contributed by atoms with Gasteiger partial charge >= 0.3 is 0 Å². The summed E-state index contributed by atoms with van der Waals surface area (Å²) in [5, 5.41) is 6.70. The molecule has 0 radical (unpaired) electrons. The molecule has 0 unspecified atom stereocenters. The molecule has 1 saturated carbocycles. The average molecular weight is 239 g/mol. The van der Waals surface area contributed by atoms with Crippen LogP contribution in [0.15, 0.2) is 4.99 Å². The van der Waals surface area contributed by atoms with Crippen LogP contribution in [0.3, 0.4) is 0 Å². The van der Waals surface area contributed by atoms with E-state index in [2.05, 4.69) is 29.5 Å². The van der Waals surface area contributed by atoms with Crippen LogP contribution in [0.2, 0.25) is 0 Å². The molecule has 1 rings (SSSR count). The van der Waals surface area contributed by atoms with Crippen molar-refractivity contribution < 1.29 is 0 Å². The fourth-order valence-electron chi connectivity index (χ4n) is 1.90. The molecular formula is C14H29N3. The predicted octanol–water partition coefficient (Wildman–Crippen LogP) is 2.92. The number of rotatable bonds is 9. The van der Waals surface area contributed by atoms with Crippen molar-refractivity contribution in [2.24, 2.45) is 10.9 Å². The highest BCUT2D eigenvalue weighted by Crippen LogP contribution is 2.33. The molecule has 3 heteroatoms. The highest BCUT2D eigenvalue weighted by atomic mass is 15.2. The van der Waals surface area contributed by atoms with E-state index < -0.39 is 0 Å². The maximum absolute atomic E-state index is 4.61. The summed E-state index contributed by atoms with van der Waals surface area (Å²) in [5.74, 6) is 2.03. The maximum atomic E-state index is 4.61. The number of hydrogen-bond donors (Lipinski definition) is 2. The number of hydrogen-bond acceptors (Lipinski definition) is 1. The first-order chi connectivity index (χ1) is 8.36. The Morgan fingerprint density at radius 2 is 1.94 bits per heavy atom. The molecule has 0 saturated heterocycles. The molecule has 2 N–H and O–H groups in total. The fourth-order valence-corrected chi connectivity index (χ4v) is 1.90. The van der Waals surface area contributed by atoms with Crippen LogP contribution in [-0.2, 0) is 0 Å². The van der Waals surface area contributed by atoms with Gasteiger partial charge in [0.2, 0.25) is 0 Å². The van der Waals surface area contributed by atoms with E-state index in [1.807, 2.05) is 0 Å². The fraction of sp³-hybridized carbons (Fsp3) is 0.929. The number of guanidine groups is 1. The first-order valence-electron chi connectivity index (χ1n) is 7.39. The summed E-state index contributed by atoms with van der Waals surface area (Å²) in [5.41, 5.74) is 0. The largest absolute Gasteiger partial charge is 0.357 e. The van der Waals surface area contributed by atoms with Gasteiger partial charge in [0.15, 0.2) is 5.96 Å².